The third kappa shape index (κ3) is 5.50. The van der Waals surface area contributed by atoms with Crippen LogP contribution in [0.3, 0.4) is 0 Å². The number of nitrogens with zero attached hydrogens (tertiary/aromatic N) is 1. The maximum atomic E-state index is 9.47. The van der Waals surface area contributed by atoms with Crippen LogP contribution < -0.4 is 5.32 Å². The number of hydrogen-bond acceptors (Lipinski definition) is 3. The predicted octanol–water partition coefficient (Wildman–Crippen LogP) is 1.47. The van der Waals surface area contributed by atoms with Crippen LogP contribution in [0.5, 0.6) is 0 Å². The molecule has 0 bridgehead atoms. The van der Waals surface area contributed by atoms with E-state index in [0.29, 0.717) is 12.1 Å². The van der Waals surface area contributed by atoms with E-state index in [1.165, 1.54) is 0 Å². The minimum Gasteiger partial charge on any atom is -0.394 e. The summed E-state index contributed by atoms with van der Waals surface area (Å²) >= 11 is 0. The quantitative estimate of drug-likeness (QED) is 0.676. The molecule has 2 N–H and O–H groups in total. The minimum absolute atomic E-state index is 0.175. The summed E-state index contributed by atoms with van der Waals surface area (Å²) in [5.41, 5.74) is -0.200. The van der Waals surface area contributed by atoms with Crippen LogP contribution in [0.1, 0.15) is 41.5 Å². The van der Waals surface area contributed by atoms with Gasteiger partial charge in [0.2, 0.25) is 0 Å². The predicted molar refractivity (Wildman–Crippen MR) is 66.1 cm³/mol. The van der Waals surface area contributed by atoms with E-state index >= 15 is 0 Å². The molecular weight excluding hydrogens is 188 g/mol. The van der Waals surface area contributed by atoms with Gasteiger partial charge in [-0.05, 0) is 27.3 Å². The van der Waals surface area contributed by atoms with Gasteiger partial charge in [0, 0.05) is 18.6 Å². The highest BCUT2D eigenvalue weighted by Crippen LogP contribution is 2.10. The summed E-state index contributed by atoms with van der Waals surface area (Å²) in [6, 6.07) is 0.919. The molecule has 1 atom stereocenters. The number of rotatable bonds is 7. The monoisotopic (exact) mass is 216 g/mol. The number of likely N-dealkylation sites (N-methyl/N-ethyl adjacent to an activating group) is 1. The van der Waals surface area contributed by atoms with E-state index in [9.17, 15) is 5.11 Å². The van der Waals surface area contributed by atoms with Crippen molar-refractivity contribution in [2.45, 2.75) is 59.2 Å². The van der Waals surface area contributed by atoms with Crippen molar-refractivity contribution in [1.82, 2.24) is 10.2 Å². The zero-order valence-electron chi connectivity index (χ0n) is 11.2. The Balaban J connectivity index is 4.39. The lowest BCUT2D eigenvalue weighted by atomic mass is 10.0. The van der Waals surface area contributed by atoms with Crippen LogP contribution in [0.2, 0.25) is 0 Å². The van der Waals surface area contributed by atoms with Crippen LogP contribution in [0.15, 0.2) is 0 Å². The van der Waals surface area contributed by atoms with Gasteiger partial charge in [0.05, 0.1) is 12.1 Å². The lowest BCUT2D eigenvalue weighted by molar-refractivity contribution is 0.100. The van der Waals surface area contributed by atoms with Gasteiger partial charge in [0.25, 0.3) is 0 Å². The highest BCUT2D eigenvalue weighted by atomic mass is 16.3. The fourth-order valence-electron chi connectivity index (χ4n) is 1.95. The maximum absolute atomic E-state index is 9.47. The Morgan fingerprint density at radius 1 is 1.27 bits per heavy atom. The molecule has 0 aliphatic carbocycles. The van der Waals surface area contributed by atoms with Crippen molar-refractivity contribution in [2.24, 2.45) is 0 Å². The first-order valence-corrected chi connectivity index (χ1v) is 5.97. The Bertz CT molecular complexity index is 171. The molecule has 0 heterocycles. The first-order chi connectivity index (χ1) is 6.84. The van der Waals surface area contributed by atoms with E-state index in [1.807, 2.05) is 0 Å². The van der Waals surface area contributed by atoms with Crippen molar-refractivity contribution in [3.05, 3.63) is 0 Å². The van der Waals surface area contributed by atoms with Gasteiger partial charge in [0.15, 0.2) is 0 Å². The van der Waals surface area contributed by atoms with E-state index in [4.69, 9.17) is 0 Å². The molecule has 0 aliphatic heterocycles. The maximum Gasteiger partial charge on any atom is 0.0623 e. The van der Waals surface area contributed by atoms with E-state index in [1.54, 1.807) is 0 Å². The number of hydrogen-bond donors (Lipinski definition) is 2. The van der Waals surface area contributed by atoms with Gasteiger partial charge in [-0.15, -0.1) is 0 Å². The van der Waals surface area contributed by atoms with Gasteiger partial charge >= 0.3 is 0 Å². The Hall–Kier alpha value is -0.120. The Morgan fingerprint density at radius 3 is 2.07 bits per heavy atom. The zero-order valence-corrected chi connectivity index (χ0v) is 11.2. The molecule has 92 valence electrons. The third-order valence-electron chi connectivity index (χ3n) is 2.67. The van der Waals surface area contributed by atoms with Crippen LogP contribution >= 0.6 is 0 Å². The normalized spacial score (nSPS) is 16.4. The molecule has 0 aromatic heterocycles. The lowest BCUT2D eigenvalue weighted by Crippen LogP contribution is -2.57. The fraction of sp³-hybridized carbons (Fsp3) is 1.00. The minimum atomic E-state index is -0.200. The van der Waals surface area contributed by atoms with Crippen molar-refractivity contribution < 1.29 is 5.11 Å². The molecule has 0 saturated carbocycles. The molecule has 3 nitrogen and oxygen atoms in total. The Labute approximate surface area is 94.9 Å². The molecule has 0 aromatic rings. The smallest absolute Gasteiger partial charge is 0.0623 e. The molecule has 0 spiro atoms. The molecule has 0 rings (SSSR count). The van der Waals surface area contributed by atoms with Crippen LogP contribution in [0.25, 0.3) is 0 Å². The van der Waals surface area contributed by atoms with Gasteiger partial charge in [-0.2, -0.15) is 0 Å². The molecule has 1 unspecified atom stereocenters. The number of aliphatic hydroxyl groups is 1. The molecule has 0 fully saturated rings. The van der Waals surface area contributed by atoms with Crippen LogP contribution in [-0.2, 0) is 0 Å². The second-order valence-corrected chi connectivity index (χ2v) is 5.17. The number of aliphatic hydroxyl groups excluding tert-OH is 1. The summed E-state index contributed by atoms with van der Waals surface area (Å²) < 4.78 is 0. The molecule has 15 heavy (non-hydrogen) atoms. The fourth-order valence-corrected chi connectivity index (χ4v) is 1.95. The van der Waals surface area contributed by atoms with E-state index in [0.717, 1.165) is 13.1 Å². The van der Waals surface area contributed by atoms with Crippen molar-refractivity contribution in [2.75, 3.05) is 19.7 Å². The molecular formula is C12H28N2O. The molecule has 0 radical (unpaired) electrons. The zero-order chi connectivity index (χ0) is 12.1. The van der Waals surface area contributed by atoms with E-state index < -0.39 is 0 Å². The average Bonchev–Trinajstić information content (AvgIpc) is 2.12. The van der Waals surface area contributed by atoms with Gasteiger partial charge in [-0.3, -0.25) is 4.90 Å². The molecule has 0 aromatic carbocycles. The summed E-state index contributed by atoms with van der Waals surface area (Å²) in [5.74, 6) is 0. The Kier molecular flexibility index (Phi) is 6.41. The van der Waals surface area contributed by atoms with Crippen LogP contribution in [0.4, 0.5) is 0 Å². The second-order valence-electron chi connectivity index (χ2n) is 5.17. The van der Waals surface area contributed by atoms with Crippen molar-refractivity contribution in [3.8, 4) is 0 Å². The highest BCUT2D eigenvalue weighted by molar-refractivity contribution is 4.88. The topological polar surface area (TPSA) is 35.5 Å². The standard InChI is InChI=1S/C12H28N2O/c1-7-14(11(4)5)8-12(6,9-15)13-10(2)3/h10-11,13,15H,7-9H2,1-6H3. The number of nitrogens with one attached hydrogen (secondary N) is 1. The van der Waals surface area contributed by atoms with Crippen LogP contribution in [-0.4, -0.2) is 47.3 Å². The molecule has 0 amide bonds. The summed E-state index contributed by atoms with van der Waals surface area (Å²) in [5, 5.41) is 12.9. The molecule has 0 aliphatic rings. The first kappa shape index (κ1) is 14.9. The second kappa shape index (κ2) is 6.46. The van der Waals surface area contributed by atoms with E-state index in [2.05, 4.69) is 51.8 Å². The Morgan fingerprint density at radius 2 is 1.80 bits per heavy atom. The highest BCUT2D eigenvalue weighted by Gasteiger charge is 2.27. The first-order valence-electron chi connectivity index (χ1n) is 5.97. The van der Waals surface area contributed by atoms with Gasteiger partial charge in [-0.25, -0.2) is 0 Å². The third-order valence-corrected chi connectivity index (χ3v) is 2.67. The van der Waals surface area contributed by atoms with Gasteiger partial charge < -0.3 is 10.4 Å². The van der Waals surface area contributed by atoms with Crippen molar-refractivity contribution >= 4 is 0 Å². The van der Waals surface area contributed by atoms with Crippen molar-refractivity contribution in [1.29, 1.82) is 0 Å². The average molecular weight is 216 g/mol. The lowest BCUT2D eigenvalue weighted by Gasteiger charge is -2.38. The SMILES string of the molecule is CCN(CC(C)(CO)NC(C)C)C(C)C. The summed E-state index contributed by atoms with van der Waals surface area (Å²) in [6.07, 6.45) is 0. The van der Waals surface area contributed by atoms with Gasteiger partial charge in [0.1, 0.15) is 0 Å². The summed E-state index contributed by atoms with van der Waals surface area (Å²) in [7, 11) is 0. The van der Waals surface area contributed by atoms with E-state index in [-0.39, 0.29) is 12.1 Å². The summed E-state index contributed by atoms with van der Waals surface area (Å²) in [6.45, 7) is 14.9. The van der Waals surface area contributed by atoms with Crippen LogP contribution in [0, 0.1) is 0 Å². The molecule has 3 heteroatoms. The molecule has 0 saturated heterocycles. The summed E-state index contributed by atoms with van der Waals surface area (Å²) in [4.78, 5) is 2.37. The van der Waals surface area contributed by atoms with Gasteiger partial charge in [-0.1, -0.05) is 20.8 Å². The van der Waals surface area contributed by atoms with Crippen molar-refractivity contribution in [3.63, 3.8) is 0 Å². The largest absolute Gasteiger partial charge is 0.394 e.